The molecule has 0 bridgehead atoms. The van der Waals surface area contributed by atoms with Gasteiger partial charge in [-0.25, -0.2) is 4.98 Å². The van der Waals surface area contributed by atoms with Crippen molar-refractivity contribution in [1.29, 1.82) is 0 Å². The number of hydrogen-bond acceptors (Lipinski definition) is 6. The summed E-state index contributed by atoms with van der Waals surface area (Å²) in [4.78, 5) is 21.0. The first-order chi connectivity index (χ1) is 10.3. The van der Waals surface area contributed by atoms with Crippen LogP contribution in [0.5, 0.6) is 0 Å². The Labute approximate surface area is 129 Å². The first kappa shape index (κ1) is 14.7. The highest BCUT2D eigenvalue weighted by molar-refractivity contribution is 7.09. The molecule has 7 heteroatoms. The molecule has 1 aromatic heterocycles. The van der Waals surface area contributed by atoms with Crippen molar-refractivity contribution in [1.82, 2.24) is 14.3 Å². The standard InChI is InChI=1S/C14H22N4O2S/c1-20-10-5-12-15-14(21-16-12)18-7-2-6-17(8-9-18)13(19)11-3-4-11/h11H,2-10H2,1H3. The van der Waals surface area contributed by atoms with E-state index in [4.69, 9.17) is 4.74 Å². The molecule has 1 aromatic rings. The lowest BCUT2D eigenvalue weighted by molar-refractivity contribution is -0.132. The fraction of sp³-hybridized carbons (Fsp3) is 0.786. The van der Waals surface area contributed by atoms with Crippen LogP contribution >= 0.6 is 11.5 Å². The van der Waals surface area contributed by atoms with E-state index in [1.807, 2.05) is 4.90 Å². The quantitative estimate of drug-likeness (QED) is 0.817. The molecule has 2 heterocycles. The van der Waals surface area contributed by atoms with E-state index in [-0.39, 0.29) is 0 Å². The summed E-state index contributed by atoms with van der Waals surface area (Å²) in [7, 11) is 1.69. The number of carbonyl (C=O) groups excluding carboxylic acids is 1. The molecule has 3 rings (SSSR count). The van der Waals surface area contributed by atoms with Gasteiger partial charge in [-0.05, 0) is 19.3 Å². The number of ether oxygens (including phenoxy) is 1. The van der Waals surface area contributed by atoms with E-state index in [1.165, 1.54) is 11.5 Å². The molecule has 0 unspecified atom stereocenters. The highest BCUT2D eigenvalue weighted by atomic mass is 32.1. The van der Waals surface area contributed by atoms with Gasteiger partial charge in [-0.3, -0.25) is 4.79 Å². The zero-order chi connectivity index (χ0) is 14.7. The summed E-state index contributed by atoms with van der Waals surface area (Å²) < 4.78 is 9.44. The van der Waals surface area contributed by atoms with E-state index in [0.29, 0.717) is 18.4 Å². The smallest absolute Gasteiger partial charge is 0.225 e. The third-order valence-corrected chi connectivity index (χ3v) is 4.81. The molecule has 6 nitrogen and oxygen atoms in total. The zero-order valence-electron chi connectivity index (χ0n) is 12.5. The molecule has 2 fully saturated rings. The normalized spacial score (nSPS) is 19.7. The Bertz CT molecular complexity index is 489. The van der Waals surface area contributed by atoms with Crippen molar-refractivity contribution in [3.8, 4) is 0 Å². The Morgan fingerprint density at radius 3 is 2.95 bits per heavy atom. The summed E-state index contributed by atoms with van der Waals surface area (Å²) in [6.07, 6.45) is 3.93. The highest BCUT2D eigenvalue weighted by Gasteiger charge is 2.34. The molecule has 2 aliphatic rings. The van der Waals surface area contributed by atoms with E-state index in [9.17, 15) is 4.79 Å². The topological polar surface area (TPSA) is 58.6 Å². The Balaban J connectivity index is 1.56. The van der Waals surface area contributed by atoms with Gasteiger partial charge in [0.25, 0.3) is 0 Å². The highest BCUT2D eigenvalue weighted by Crippen LogP contribution is 2.31. The van der Waals surface area contributed by atoms with E-state index in [1.54, 1.807) is 7.11 Å². The van der Waals surface area contributed by atoms with E-state index >= 15 is 0 Å². The van der Waals surface area contributed by atoms with Gasteiger partial charge in [-0.2, -0.15) is 4.37 Å². The summed E-state index contributed by atoms with van der Waals surface area (Å²) in [6.45, 7) is 4.15. The van der Waals surface area contributed by atoms with E-state index < -0.39 is 0 Å². The maximum atomic E-state index is 12.1. The van der Waals surface area contributed by atoms with Gasteiger partial charge in [-0.15, -0.1) is 0 Å². The number of carbonyl (C=O) groups is 1. The van der Waals surface area contributed by atoms with Crippen LogP contribution < -0.4 is 4.90 Å². The molecule has 0 aromatic carbocycles. The van der Waals surface area contributed by atoms with Crippen molar-refractivity contribution >= 4 is 22.6 Å². The van der Waals surface area contributed by atoms with Crippen LogP contribution in [-0.2, 0) is 16.0 Å². The number of amides is 1. The molecule has 1 aliphatic carbocycles. The summed E-state index contributed by atoms with van der Waals surface area (Å²) in [5, 5.41) is 0.974. The van der Waals surface area contributed by atoms with Crippen LogP contribution in [0.4, 0.5) is 5.13 Å². The molecular weight excluding hydrogens is 288 g/mol. The molecule has 1 amide bonds. The first-order valence-electron chi connectivity index (χ1n) is 7.63. The van der Waals surface area contributed by atoms with Crippen molar-refractivity contribution in [3.05, 3.63) is 5.82 Å². The lowest BCUT2D eigenvalue weighted by Crippen LogP contribution is -2.36. The van der Waals surface area contributed by atoms with E-state index in [2.05, 4.69) is 14.3 Å². The van der Waals surface area contributed by atoms with Gasteiger partial charge in [0, 0.05) is 57.2 Å². The van der Waals surface area contributed by atoms with Crippen LogP contribution in [0.25, 0.3) is 0 Å². The van der Waals surface area contributed by atoms with Crippen LogP contribution in [0.3, 0.4) is 0 Å². The zero-order valence-corrected chi connectivity index (χ0v) is 13.3. The summed E-state index contributed by atoms with van der Waals surface area (Å²) in [6, 6.07) is 0. The van der Waals surface area contributed by atoms with Crippen molar-refractivity contribution in [2.24, 2.45) is 5.92 Å². The maximum Gasteiger partial charge on any atom is 0.225 e. The largest absolute Gasteiger partial charge is 0.384 e. The number of anilines is 1. The van der Waals surface area contributed by atoms with Gasteiger partial charge in [0.2, 0.25) is 11.0 Å². The molecule has 116 valence electrons. The molecule has 1 saturated carbocycles. The molecule has 0 radical (unpaired) electrons. The van der Waals surface area contributed by atoms with Gasteiger partial charge in [-0.1, -0.05) is 0 Å². The Morgan fingerprint density at radius 1 is 1.33 bits per heavy atom. The minimum absolute atomic E-state index is 0.318. The SMILES string of the molecule is COCCc1nsc(N2CCCN(C(=O)C3CC3)CC2)n1. The second-order valence-corrected chi connectivity index (χ2v) is 6.41. The van der Waals surface area contributed by atoms with Crippen LogP contribution in [0, 0.1) is 5.92 Å². The van der Waals surface area contributed by atoms with Crippen molar-refractivity contribution in [3.63, 3.8) is 0 Å². The Kier molecular flexibility index (Phi) is 4.70. The molecule has 21 heavy (non-hydrogen) atoms. The molecule has 0 N–H and O–H groups in total. The van der Waals surface area contributed by atoms with E-state index in [0.717, 1.165) is 62.8 Å². The molecule has 0 spiro atoms. The van der Waals surface area contributed by atoms with Crippen molar-refractivity contribution in [2.75, 3.05) is 44.8 Å². The minimum Gasteiger partial charge on any atom is -0.384 e. The van der Waals surface area contributed by atoms with Crippen LogP contribution in [-0.4, -0.2) is 60.1 Å². The van der Waals surface area contributed by atoms with Gasteiger partial charge in [0.15, 0.2) is 0 Å². The Hall–Kier alpha value is -1.21. The predicted molar refractivity (Wildman–Crippen MR) is 81.6 cm³/mol. The number of methoxy groups -OCH3 is 1. The van der Waals surface area contributed by atoms with Crippen LogP contribution in [0.15, 0.2) is 0 Å². The van der Waals surface area contributed by atoms with Gasteiger partial charge < -0.3 is 14.5 Å². The third kappa shape index (κ3) is 3.71. The fourth-order valence-electron chi connectivity index (χ4n) is 2.59. The number of hydrogen-bond donors (Lipinski definition) is 0. The molecular formula is C14H22N4O2S. The molecule has 0 atom stereocenters. The second kappa shape index (κ2) is 6.70. The van der Waals surface area contributed by atoms with Crippen molar-refractivity contribution < 1.29 is 9.53 Å². The molecule has 1 aliphatic heterocycles. The summed E-state index contributed by atoms with van der Waals surface area (Å²) in [5.74, 6) is 1.53. The minimum atomic E-state index is 0.318. The van der Waals surface area contributed by atoms with Crippen LogP contribution in [0.2, 0.25) is 0 Å². The monoisotopic (exact) mass is 310 g/mol. The molecule has 1 saturated heterocycles. The Morgan fingerprint density at radius 2 is 2.19 bits per heavy atom. The number of aromatic nitrogens is 2. The first-order valence-corrected chi connectivity index (χ1v) is 8.40. The lowest BCUT2D eigenvalue weighted by Gasteiger charge is -2.21. The average Bonchev–Trinajstić information content (AvgIpc) is 3.28. The van der Waals surface area contributed by atoms with Crippen LogP contribution in [0.1, 0.15) is 25.1 Å². The van der Waals surface area contributed by atoms with Gasteiger partial charge >= 0.3 is 0 Å². The fourth-order valence-corrected chi connectivity index (χ4v) is 3.35. The van der Waals surface area contributed by atoms with Crippen molar-refractivity contribution in [2.45, 2.75) is 25.7 Å². The second-order valence-electron chi connectivity index (χ2n) is 5.68. The summed E-state index contributed by atoms with van der Waals surface area (Å²) in [5.41, 5.74) is 0. The van der Waals surface area contributed by atoms with Gasteiger partial charge in [0.05, 0.1) is 6.61 Å². The maximum absolute atomic E-state index is 12.1. The predicted octanol–water partition coefficient (Wildman–Crippen LogP) is 1.18. The number of rotatable bonds is 5. The van der Waals surface area contributed by atoms with Gasteiger partial charge in [0.1, 0.15) is 5.82 Å². The summed E-state index contributed by atoms with van der Waals surface area (Å²) >= 11 is 1.45. The average molecular weight is 310 g/mol. The third-order valence-electron chi connectivity index (χ3n) is 3.99. The number of nitrogens with zero attached hydrogens (tertiary/aromatic N) is 4. The lowest BCUT2D eigenvalue weighted by atomic mass is 10.3.